The molecule has 2 amide bonds. The summed E-state index contributed by atoms with van der Waals surface area (Å²) >= 11 is 0. The summed E-state index contributed by atoms with van der Waals surface area (Å²) in [7, 11) is 0. The molecule has 1 N–H and O–H groups in total. The predicted molar refractivity (Wildman–Crippen MR) is 119 cm³/mol. The Labute approximate surface area is 186 Å². The van der Waals surface area contributed by atoms with Crippen LogP contribution in [0.4, 0.5) is 5.69 Å². The van der Waals surface area contributed by atoms with Gasteiger partial charge in [0.05, 0.1) is 6.26 Å². The molecule has 1 aliphatic rings. The molecule has 1 fully saturated rings. The van der Waals surface area contributed by atoms with Crippen molar-refractivity contribution in [3.63, 3.8) is 0 Å². The summed E-state index contributed by atoms with van der Waals surface area (Å²) in [4.78, 5) is 44.7. The molecule has 164 valence electrons. The number of furan rings is 1. The van der Waals surface area contributed by atoms with Crippen LogP contribution in [0.3, 0.4) is 0 Å². The highest BCUT2D eigenvalue weighted by Crippen LogP contribution is 2.31. The highest BCUT2D eigenvalue weighted by molar-refractivity contribution is 6.09. The molecule has 0 radical (unpaired) electrons. The van der Waals surface area contributed by atoms with Crippen molar-refractivity contribution in [1.82, 2.24) is 10.3 Å². The highest BCUT2D eigenvalue weighted by Gasteiger charge is 2.36. The molecule has 7 heteroatoms. The van der Waals surface area contributed by atoms with Gasteiger partial charge in [0, 0.05) is 35.2 Å². The lowest BCUT2D eigenvalue weighted by molar-refractivity contribution is -0.123. The maximum atomic E-state index is 13.6. The van der Waals surface area contributed by atoms with Crippen LogP contribution in [0.1, 0.15) is 65.1 Å². The first-order valence-electron chi connectivity index (χ1n) is 10.7. The summed E-state index contributed by atoms with van der Waals surface area (Å²) < 4.78 is 5.37. The average molecular weight is 431 g/mol. The van der Waals surface area contributed by atoms with Gasteiger partial charge in [-0.25, -0.2) is 0 Å². The van der Waals surface area contributed by atoms with Crippen LogP contribution in [0.2, 0.25) is 0 Å². The molecule has 1 aromatic carbocycles. The van der Waals surface area contributed by atoms with Crippen molar-refractivity contribution in [2.45, 2.75) is 44.7 Å². The lowest BCUT2D eigenvalue weighted by Crippen LogP contribution is -2.46. The Balaban J connectivity index is 1.82. The summed E-state index contributed by atoms with van der Waals surface area (Å²) in [6, 6.07) is 12.5. The van der Waals surface area contributed by atoms with E-state index in [4.69, 9.17) is 4.42 Å². The molecule has 7 nitrogen and oxygen atoms in total. The second kappa shape index (κ2) is 9.60. The number of aromatic nitrogens is 1. The molecule has 32 heavy (non-hydrogen) atoms. The molecule has 0 saturated heterocycles. The summed E-state index contributed by atoms with van der Waals surface area (Å²) in [5.74, 6) is -0.810. The summed E-state index contributed by atoms with van der Waals surface area (Å²) in [6.45, 7) is 1.46. The fourth-order valence-electron chi connectivity index (χ4n) is 4.08. The predicted octanol–water partition coefficient (Wildman–Crippen LogP) is 4.32. The van der Waals surface area contributed by atoms with Crippen LogP contribution < -0.4 is 10.2 Å². The fraction of sp³-hybridized carbons (Fsp3) is 0.280. The number of rotatable bonds is 7. The molecule has 4 rings (SSSR count). The lowest BCUT2D eigenvalue weighted by atomic mass is 10.0. The maximum absolute atomic E-state index is 13.6. The monoisotopic (exact) mass is 431 g/mol. The van der Waals surface area contributed by atoms with E-state index in [0.717, 1.165) is 25.7 Å². The Morgan fingerprint density at radius 3 is 2.56 bits per heavy atom. The van der Waals surface area contributed by atoms with E-state index in [1.165, 1.54) is 18.1 Å². The van der Waals surface area contributed by atoms with E-state index in [-0.39, 0.29) is 23.5 Å². The zero-order valence-corrected chi connectivity index (χ0v) is 17.9. The minimum atomic E-state index is -0.982. The zero-order chi connectivity index (χ0) is 22.5. The molecule has 0 spiro atoms. The molecule has 1 saturated carbocycles. The number of Topliss-reactive ketones (excluding diaryl/α,β-unsaturated/α-hetero) is 1. The smallest absolute Gasteiger partial charge is 0.294 e. The van der Waals surface area contributed by atoms with Gasteiger partial charge in [-0.1, -0.05) is 31.0 Å². The van der Waals surface area contributed by atoms with Gasteiger partial charge in [-0.2, -0.15) is 0 Å². The number of benzene rings is 1. The number of pyridine rings is 1. The van der Waals surface area contributed by atoms with Crippen molar-refractivity contribution >= 4 is 23.3 Å². The molecule has 1 aliphatic carbocycles. The Bertz CT molecular complexity index is 1090. The number of anilines is 1. The first-order chi connectivity index (χ1) is 15.5. The van der Waals surface area contributed by atoms with E-state index in [2.05, 4.69) is 10.3 Å². The second-order valence-corrected chi connectivity index (χ2v) is 7.94. The lowest BCUT2D eigenvalue weighted by Gasteiger charge is -2.31. The molecular weight excluding hydrogens is 406 g/mol. The van der Waals surface area contributed by atoms with Gasteiger partial charge in [0.1, 0.15) is 6.04 Å². The van der Waals surface area contributed by atoms with Gasteiger partial charge in [0.25, 0.3) is 5.91 Å². The highest BCUT2D eigenvalue weighted by atomic mass is 16.3. The van der Waals surface area contributed by atoms with Gasteiger partial charge in [0.15, 0.2) is 11.5 Å². The van der Waals surface area contributed by atoms with Crippen molar-refractivity contribution < 1.29 is 18.8 Å². The summed E-state index contributed by atoms with van der Waals surface area (Å²) in [6.07, 6.45) is 8.57. The number of carbonyl (C=O) groups excluding carboxylic acids is 3. The third-order valence-electron chi connectivity index (χ3n) is 5.69. The average Bonchev–Trinajstić information content (AvgIpc) is 3.52. The van der Waals surface area contributed by atoms with Crippen LogP contribution in [-0.2, 0) is 4.79 Å². The number of carbonyl (C=O) groups is 3. The number of nitrogens with zero attached hydrogens (tertiary/aromatic N) is 2. The van der Waals surface area contributed by atoms with Crippen molar-refractivity contribution in [1.29, 1.82) is 0 Å². The van der Waals surface area contributed by atoms with E-state index >= 15 is 0 Å². The Kier molecular flexibility index (Phi) is 6.44. The molecule has 1 atom stereocenters. The van der Waals surface area contributed by atoms with Gasteiger partial charge in [0.2, 0.25) is 5.91 Å². The minimum Gasteiger partial charge on any atom is -0.459 e. The van der Waals surface area contributed by atoms with Crippen molar-refractivity contribution in [3.8, 4) is 0 Å². The van der Waals surface area contributed by atoms with E-state index in [9.17, 15) is 14.4 Å². The van der Waals surface area contributed by atoms with Crippen LogP contribution in [-0.4, -0.2) is 28.6 Å². The Morgan fingerprint density at radius 1 is 1.09 bits per heavy atom. The van der Waals surface area contributed by atoms with Crippen molar-refractivity contribution in [2.24, 2.45) is 0 Å². The quantitative estimate of drug-likeness (QED) is 0.562. The largest absolute Gasteiger partial charge is 0.459 e. The molecule has 1 unspecified atom stereocenters. The molecule has 2 aromatic heterocycles. The van der Waals surface area contributed by atoms with E-state index in [1.807, 2.05) is 0 Å². The first kappa shape index (κ1) is 21.5. The number of hydrogen-bond acceptors (Lipinski definition) is 5. The van der Waals surface area contributed by atoms with E-state index in [0.29, 0.717) is 16.8 Å². The third-order valence-corrected chi connectivity index (χ3v) is 5.69. The standard InChI is InChI=1S/C25H25N3O4/c1-17(29)18-7-4-11-21(15-18)28(25(31)22-12-6-14-32-22)23(19-8-5-13-26-16-19)24(30)27-20-9-2-3-10-20/h4-8,11-16,20,23H,2-3,9-10H2,1H3,(H,27,30). The SMILES string of the molecule is CC(=O)c1cccc(N(C(=O)c2ccco2)C(C(=O)NC2CCCC2)c2cccnc2)c1. The fourth-order valence-corrected chi connectivity index (χ4v) is 4.08. The number of ketones is 1. The Morgan fingerprint density at radius 2 is 1.91 bits per heavy atom. The first-order valence-corrected chi connectivity index (χ1v) is 10.7. The Hall–Kier alpha value is -3.74. The van der Waals surface area contributed by atoms with E-state index in [1.54, 1.807) is 60.9 Å². The second-order valence-electron chi connectivity index (χ2n) is 7.94. The molecule has 0 bridgehead atoms. The van der Waals surface area contributed by atoms with Crippen LogP contribution in [0.5, 0.6) is 0 Å². The number of hydrogen-bond donors (Lipinski definition) is 1. The maximum Gasteiger partial charge on any atom is 0.294 e. The third kappa shape index (κ3) is 4.61. The van der Waals surface area contributed by atoms with Crippen molar-refractivity contribution in [3.05, 3.63) is 84.1 Å². The topological polar surface area (TPSA) is 92.5 Å². The molecule has 3 aromatic rings. The number of amides is 2. The van der Waals surface area contributed by atoms with Gasteiger partial charge in [-0.15, -0.1) is 0 Å². The zero-order valence-electron chi connectivity index (χ0n) is 17.9. The molecular formula is C25H25N3O4. The van der Waals surface area contributed by atoms with Gasteiger partial charge in [-0.3, -0.25) is 24.3 Å². The minimum absolute atomic E-state index is 0.0748. The van der Waals surface area contributed by atoms with E-state index < -0.39 is 11.9 Å². The van der Waals surface area contributed by atoms with Crippen molar-refractivity contribution in [2.75, 3.05) is 4.90 Å². The molecule has 0 aliphatic heterocycles. The molecule has 2 heterocycles. The van der Waals surface area contributed by atoms with Crippen LogP contribution in [0.25, 0.3) is 0 Å². The van der Waals surface area contributed by atoms with Gasteiger partial charge >= 0.3 is 0 Å². The number of nitrogens with one attached hydrogen (secondary N) is 1. The van der Waals surface area contributed by atoms with Gasteiger partial charge < -0.3 is 9.73 Å². The van der Waals surface area contributed by atoms with Gasteiger partial charge in [-0.05, 0) is 50.1 Å². The van der Waals surface area contributed by atoms with Crippen LogP contribution in [0, 0.1) is 0 Å². The summed E-state index contributed by atoms with van der Waals surface area (Å²) in [5.41, 5.74) is 1.44. The van der Waals surface area contributed by atoms with Crippen LogP contribution >= 0.6 is 0 Å². The van der Waals surface area contributed by atoms with Crippen LogP contribution in [0.15, 0.2) is 71.6 Å². The summed E-state index contributed by atoms with van der Waals surface area (Å²) in [5, 5.41) is 3.11. The normalized spacial score (nSPS) is 14.7.